The number of halogens is 1. The molecule has 1 N–H and O–H groups in total. The minimum Gasteiger partial charge on any atom is -0.373 e. The van der Waals surface area contributed by atoms with Gasteiger partial charge in [0, 0.05) is 11.5 Å². The van der Waals surface area contributed by atoms with Gasteiger partial charge in [-0.15, -0.1) is 11.3 Å². The van der Waals surface area contributed by atoms with Crippen molar-refractivity contribution in [2.75, 3.05) is 13.2 Å². The third-order valence-corrected chi connectivity index (χ3v) is 5.04. The fourth-order valence-corrected chi connectivity index (χ4v) is 3.95. The van der Waals surface area contributed by atoms with Gasteiger partial charge in [-0.3, -0.25) is 0 Å². The average Bonchev–Trinajstić information content (AvgIpc) is 2.77. The largest absolute Gasteiger partial charge is 0.373 e. The molecule has 0 aliphatic carbocycles. The van der Waals surface area contributed by atoms with Gasteiger partial charge in [-0.25, -0.2) is 0 Å². The molecule has 2 atom stereocenters. The normalized spacial score (nSPS) is 26.2. The van der Waals surface area contributed by atoms with Crippen LogP contribution < -0.4 is 5.32 Å². The molecule has 0 saturated carbocycles. The topological polar surface area (TPSA) is 21.3 Å². The van der Waals surface area contributed by atoms with Gasteiger partial charge in [0.15, 0.2) is 0 Å². The van der Waals surface area contributed by atoms with Crippen molar-refractivity contribution in [2.24, 2.45) is 0 Å². The van der Waals surface area contributed by atoms with Gasteiger partial charge < -0.3 is 10.1 Å². The van der Waals surface area contributed by atoms with Gasteiger partial charge in [0.05, 0.1) is 16.7 Å². The molecular formula is C14H22ClNOS. The van der Waals surface area contributed by atoms with E-state index in [1.165, 1.54) is 17.7 Å². The molecule has 1 saturated heterocycles. The van der Waals surface area contributed by atoms with Crippen LogP contribution in [0.15, 0.2) is 11.4 Å². The Bertz CT molecular complexity index is 374. The first-order valence-electron chi connectivity index (χ1n) is 6.77. The van der Waals surface area contributed by atoms with Crippen LogP contribution in [-0.4, -0.2) is 18.8 Å². The molecule has 0 bridgehead atoms. The third kappa shape index (κ3) is 3.08. The molecule has 2 heterocycles. The molecule has 2 rings (SSSR count). The van der Waals surface area contributed by atoms with E-state index in [1.54, 1.807) is 11.3 Å². The van der Waals surface area contributed by atoms with Crippen molar-refractivity contribution in [1.29, 1.82) is 0 Å². The Hall–Kier alpha value is -0.0900. The van der Waals surface area contributed by atoms with Gasteiger partial charge in [0.25, 0.3) is 0 Å². The molecule has 1 fully saturated rings. The van der Waals surface area contributed by atoms with Gasteiger partial charge in [-0.2, -0.15) is 0 Å². The molecule has 1 aromatic rings. The molecule has 1 aliphatic rings. The highest BCUT2D eigenvalue weighted by Gasteiger charge is 2.39. The van der Waals surface area contributed by atoms with Gasteiger partial charge in [-0.05, 0) is 50.6 Å². The first-order valence-corrected chi connectivity index (χ1v) is 8.03. The van der Waals surface area contributed by atoms with Crippen LogP contribution in [0, 0.1) is 0 Å². The van der Waals surface area contributed by atoms with Crippen LogP contribution in [0.5, 0.6) is 0 Å². The second-order valence-electron chi connectivity index (χ2n) is 5.14. The van der Waals surface area contributed by atoms with Crippen LogP contribution in [0.25, 0.3) is 0 Å². The number of thiophene rings is 1. The quantitative estimate of drug-likeness (QED) is 0.866. The van der Waals surface area contributed by atoms with Crippen LogP contribution in [0.3, 0.4) is 0 Å². The van der Waals surface area contributed by atoms with Crippen molar-refractivity contribution < 1.29 is 4.74 Å². The first-order chi connectivity index (χ1) is 8.67. The number of hydrogen-bond donors (Lipinski definition) is 1. The Morgan fingerprint density at radius 2 is 2.39 bits per heavy atom. The summed E-state index contributed by atoms with van der Waals surface area (Å²) in [5, 5.41) is 6.55. The van der Waals surface area contributed by atoms with Gasteiger partial charge >= 0.3 is 0 Å². The van der Waals surface area contributed by atoms with Crippen LogP contribution in [0.4, 0.5) is 0 Å². The summed E-state index contributed by atoms with van der Waals surface area (Å²) in [6.07, 6.45) is 4.64. The molecule has 18 heavy (non-hydrogen) atoms. The van der Waals surface area contributed by atoms with E-state index in [0.29, 0.717) is 0 Å². The number of ether oxygens (including phenoxy) is 1. The van der Waals surface area contributed by atoms with Crippen molar-refractivity contribution in [3.63, 3.8) is 0 Å². The molecule has 2 unspecified atom stereocenters. The van der Waals surface area contributed by atoms with Gasteiger partial charge in [-0.1, -0.05) is 18.5 Å². The van der Waals surface area contributed by atoms with E-state index in [0.717, 1.165) is 31.0 Å². The summed E-state index contributed by atoms with van der Waals surface area (Å²) in [4.78, 5) is 1.22. The van der Waals surface area contributed by atoms with Crippen molar-refractivity contribution >= 4 is 22.9 Å². The molecule has 102 valence electrons. The lowest BCUT2D eigenvalue weighted by Gasteiger charge is -2.41. The first kappa shape index (κ1) is 14.3. The van der Waals surface area contributed by atoms with E-state index in [1.807, 2.05) is 6.07 Å². The maximum absolute atomic E-state index is 6.31. The number of hydrogen-bond acceptors (Lipinski definition) is 3. The van der Waals surface area contributed by atoms with E-state index in [2.05, 4.69) is 24.5 Å². The molecule has 1 aromatic heterocycles. The molecule has 2 nitrogen and oxygen atoms in total. The van der Waals surface area contributed by atoms with E-state index >= 15 is 0 Å². The second kappa shape index (κ2) is 6.38. The van der Waals surface area contributed by atoms with Crippen LogP contribution in [-0.2, 0) is 4.74 Å². The molecule has 0 aromatic carbocycles. The standard InChI is InChI=1S/C14H22ClNOS/c1-3-8-16-13(12-11(15)6-10-18-12)14(2)7-4-5-9-17-14/h6,10,13,16H,3-5,7-9H2,1-2H3. The second-order valence-corrected chi connectivity index (χ2v) is 6.49. The van der Waals surface area contributed by atoms with E-state index in [4.69, 9.17) is 16.3 Å². The van der Waals surface area contributed by atoms with E-state index < -0.39 is 0 Å². The van der Waals surface area contributed by atoms with Crippen molar-refractivity contribution in [2.45, 2.75) is 51.2 Å². The van der Waals surface area contributed by atoms with Gasteiger partial charge in [0.1, 0.15) is 0 Å². The number of rotatable bonds is 5. The molecule has 0 amide bonds. The minimum atomic E-state index is -0.123. The fraction of sp³-hybridized carbons (Fsp3) is 0.714. The third-order valence-electron chi connectivity index (χ3n) is 3.62. The summed E-state index contributed by atoms with van der Waals surface area (Å²) in [6, 6.07) is 2.19. The number of nitrogens with one attached hydrogen (secondary N) is 1. The summed E-state index contributed by atoms with van der Waals surface area (Å²) in [6.45, 7) is 6.27. The molecule has 1 aliphatic heterocycles. The predicted octanol–water partition coefficient (Wildman–Crippen LogP) is 4.40. The predicted molar refractivity (Wildman–Crippen MR) is 78.6 cm³/mol. The van der Waals surface area contributed by atoms with Crippen molar-refractivity contribution in [1.82, 2.24) is 5.32 Å². The summed E-state index contributed by atoms with van der Waals surface area (Å²) < 4.78 is 6.09. The highest BCUT2D eigenvalue weighted by atomic mass is 35.5. The Kier molecular flexibility index (Phi) is 5.07. The molecule has 0 spiro atoms. The fourth-order valence-electron chi connectivity index (χ4n) is 2.57. The van der Waals surface area contributed by atoms with E-state index in [-0.39, 0.29) is 11.6 Å². The highest BCUT2D eigenvalue weighted by molar-refractivity contribution is 7.10. The lowest BCUT2D eigenvalue weighted by molar-refractivity contribution is -0.0890. The van der Waals surface area contributed by atoms with Gasteiger partial charge in [0.2, 0.25) is 0 Å². The smallest absolute Gasteiger partial charge is 0.0856 e. The monoisotopic (exact) mass is 287 g/mol. The Morgan fingerprint density at radius 1 is 1.56 bits per heavy atom. The van der Waals surface area contributed by atoms with Crippen LogP contribution >= 0.6 is 22.9 Å². The van der Waals surface area contributed by atoms with E-state index in [9.17, 15) is 0 Å². The SMILES string of the molecule is CCCNC(c1sccc1Cl)C1(C)CCCCO1. The Morgan fingerprint density at radius 3 is 2.94 bits per heavy atom. The zero-order chi connectivity index (χ0) is 13.0. The minimum absolute atomic E-state index is 0.123. The highest BCUT2D eigenvalue weighted by Crippen LogP contribution is 2.41. The van der Waals surface area contributed by atoms with Crippen LogP contribution in [0.1, 0.15) is 50.4 Å². The Balaban J connectivity index is 2.21. The Labute approximate surface area is 119 Å². The van der Waals surface area contributed by atoms with Crippen LogP contribution in [0.2, 0.25) is 5.02 Å². The average molecular weight is 288 g/mol. The zero-order valence-corrected chi connectivity index (χ0v) is 12.7. The van der Waals surface area contributed by atoms with Crippen molar-refractivity contribution in [3.05, 3.63) is 21.3 Å². The lowest BCUT2D eigenvalue weighted by Crippen LogP contribution is -2.45. The molecule has 4 heteroatoms. The lowest BCUT2D eigenvalue weighted by atomic mass is 9.87. The maximum atomic E-state index is 6.31. The molecular weight excluding hydrogens is 266 g/mol. The summed E-state index contributed by atoms with van der Waals surface area (Å²) >= 11 is 8.04. The maximum Gasteiger partial charge on any atom is 0.0856 e. The van der Waals surface area contributed by atoms with Crippen molar-refractivity contribution in [3.8, 4) is 0 Å². The zero-order valence-electron chi connectivity index (χ0n) is 11.2. The molecule has 0 radical (unpaired) electrons. The summed E-state index contributed by atoms with van der Waals surface area (Å²) in [5.74, 6) is 0. The summed E-state index contributed by atoms with van der Waals surface area (Å²) in [7, 11) is 0. The summed E-state index contributed by atoms with van der Waals surface area (Å²) in [5.41, 5.74) is -0.123.